The molecule has 1 aliphatic heterocycles. The fourth-order valence-corrected chi connectivity index (χ4v) is 2.37. The van der Waals surface area contributed by atoms with Crippen LogP contribution in [0.5, 0.6) is 0 Å². The van der Waals surface area contributed by atoms with Gasteiger partial charge in [0.2, 0.25) is 0 Å². The topological polar surface area (TPSA) is 69.6 Å². The first-order chi connectivity index (χ1) is 10.8. The SMILES string of the molecule is O=C(O)C1CCN(C(=O)NCc2c(F)cc(F)c(F)c2F)CC1. The lowest BCUT2D eigenvalue weighted by Crippen LogP contribution is -2.45. The number of halogens is 4. The number of carboxylic acids is 1. The van der Waals surface area contributed by atoms with Gasteiger partial charge in [0.1, 0.15) is 5.82 Å². The van der Waals surface area contributed by atoms with Gasteiger partial charge in [-0.3, -0.25) is 4.79 Å². The van der Waals surface area contributed by atoms with Crippen molar-refractivity contribution in [2.45, 2.75) is 19.4 Å². The number of nitrogens with one attached hydrogen (secondary N) is 1. The molecule has 1 aliphatic rings. The number of urea groups is 1. The molecule has 0 saturated carbocycles. The Morgan fingerprint density at radius 1 is 1.13 bits per heavy atom. The summed E-state index contributed by atoms with van der Waals surface area (Å²) in [5, 5.41) is 11.1. The molecule has 1 aromatic rings. The monoisotopic (exact) mass is 334 g/mol. The lowest BCUT2D eigenvalue weighted by Gasteiger charge is -2.30. The molecule has 0 spiro atoms. The molecule has 23 heavy (non-hydrogen) atoms. The van der Waals surface area contributed by atoms with Gasteiger partial charge >= 0.3 is 12.0 Å². The van der Waals surface area contributed by atoms with Gasteiger partial charge in [-0.25, -0.2) is 22.4 Å². The summed E-state index contributed by atoms with van der Waals surface area (Å²) in [6, 6.07) is -0.449. The van der Waals surface area contributed by atoms with Crippen LogP contribution in [0.3, 0.4) is 0 Å². The van der Waals surface area contributed by atoms with Gasteiger partial charge in [0.25, 0.3) is 0 Å². The third-order valence-electron chi connectivity index (χ3n) is 3.76. The number of likely N-dealkylation sites (tertiary alicyclic amines) is 1. The second kappa shape index (κ2) is 6.84. The zero-order valence-corrected chi connectivity index (χ0v) is 11.9. The highest BCUT2D eigenvalue weighted by atomic mass is 19.2. The molecule has 0 aliphatic carbocycles. The predicted molar refractivity (Wildman–Crippen MR) is 70.4 cm³/mol. The van der Waals surface area contributed by atoms with Crippen molar-refractivity contribution in [3.63, 3.8) is 0 Å². The van der Waals surface area contributed by atoms with Crippen molar-refractivity contribution in [2.75, 3.05) is 13.1 Å². The number of rotatable bonds is 3. The Balaban J connectivity index is 1.96. The van der Waals surface area contributed by atoms with Gasteiger partial charge in [-0.1, -0.05) is 0 Å². The molecular weight excluding hydrogens is 320 g/mol. The molecule has 0 unspecified atom stereocenters. The third kappa shape index (κ3) is 3.72. The molecule has 1 saturated heterocycles. The van der Waals surface area contributed by atoms with Crippen LogP contribution in [-0.2, 0) is 11.3 Å². The smallest absolute Gasteiger partial charge is 0.317 e. The largest absolute Gasteiger partial charge is 0.481 e. The van der Waals surface area contributed by atoms with Crippen LogP contribution in [0.15, 0.2) is 6.07 Å². The number of piperidine rings is 1. The Labute approximate surface area is 128 Å². The van der Waals surface area contributed by atoms with Crippen molar-refractivity contribution in [2.24, 2.45) is 5.92 Å². The minimum absolute atomic E-state index is 0.186. The fourth-order valence-electron chi connectivity index (χ4n) is 2.37. The first-order valence-corrected chi connectivity index (χ1v) is 6.88. The second-order valence-electron chi connectivity index (χ2n) is 5.20. The molecule has 2 amide bonds. The molecule has 0 bridgehead atoms. The Kier molecular flexibility index (Phi) is 5.07. The van der Waals surface area contributed by atoms with E-state index >= 15 is 0 Å². The van der Waals surface area contributed by atoms with Gasteiger partial charge in [0, 0.05) is 24.7 Å². The van der Waals surface area contributed by atoms with Crippen LogP contribution >= 0.6 is 0 Å². The van der Waals surface area contributed by atoms with Crippen molar-refractivity contribution >= 4 is 12.0 Å². The van der Waals surface area contributed by atoms with Crippen LogP contribution in [-0.4, -0.2) is 35.1 Å². The first kappa shape index (κ1) is 17.0. The second-order valence-corrected chi connectivity index (χ2v) is 5.20. The van der Waals surface area contributed by atoms with E-state index in [-0.39, 0.29) is 32.0 Å². The van der Waals surface area contributed by atoms with Crippen LogP contribution in [0.4, 0.5) is 22.4 Å². The zero-order valence-electron chi connectivity index (χ0n) is 11.9. The number of carboxylic acid groups (broad SMARTS) is 1. The summed E-state index contributed by atoms with van der Waals surface area (Å²) in [7, 11) is 0. The predicted octanol–water partition coefficient (Wildman–Crippen LogP) is 2.25. The Bertz CT molecular complexity index is 631. The van der Waals surface area contributed by atoms with Crippen molar-refractivity contribution < 1.29 is 32.3 Å². The lowest BCUT2D eigenvalue weighted by molar-refractivity contribution is -0.143. The van der Waals surface area contributed by atoms with Crippen LogP contribution in [0.25, 0.3) is 0 Å². The molecule has 9 heteroatoms. The summed E-state index contributed by atoms with van der Waals surface area (Å²) in [6.45, 7) is -0.274. The molecule has 126 valence electrons. The zero-order chi connectivity index (χ0) is 17.1. The van der Waals surface area contributed by atoms with Gasteiger partial charge < -0.3 is 15.3 Å². The fraction of sp³-hybridized carbons (Fsp3) is 0.429. The molecule has 2 rings (SSSR count). The molecule has 0 radical (unpaired) electrons. The Morgan fingerprint density at radius 2 is 1.74 bits per heavy atom. The van der Waals surface area contributed by atoms with Crippen molar-refractivity contribution in [1.29, 1.82) is 0 Å². The van der Waals surface area contributed by atoms with Gasteiger partial charge in [-0.2, -0.15) is 0 Å². The van der Waals surface area contributed by atoms with Crippen molar-refractivity contribution in [3.8, 4) is 0 Å². The molecule has 1 aromatic carbocycles. The minimum atomic E-state index is -1.81. The van der Waals surface area contributed by atoms with E-state index in [1.807, 2.05) is 0 Å². The highest BCUT2D eigenvalue weighted by Crippen LogP contribution is 2.20. The number of aliphatic carboxylic acids is 1. The first-order valence-electron chi connectivity index (χ1n) is 6.88. The number of hydrogen-bond donors (Lipinski definition) is 2. The molecular formula is C14H14F4N2O3. The normalized spacial score (nSPS) is 15.6. The number of carbonyl (C=O) groups is 2. The molecule has 2 N–H and O–H groups in total. The molecule has 1 heterocycles. The minimum Gasteiger partial charge on any atom is -0.481 e. The van der Waals surface area contributed by atoms with E-state index in [0.29, 0.717) is 0 Å². The summed E-state index contributed by atoms with van der Waals surface area (Å²) in [5.41, 5.74) is -0.780. The third-order valence-corrected chi connectivity index (χ3v) is 3.76. The van der Waals surface area contributed by atoms with E-state index in [4.69, 9.17) is 5.11 Å². The maximum atomic E-state index is 13.5. The highest BCUT2D eigenvalue weighted by Gasteiger charge is 2.27. The van der Waals surface area contributed by atoms with Crippen LogP contribution < -0.4 is 5.32 Å². The highest BCUT2D eigenvalue weighted by molar-refractivity contribution is 5.75. The van der Waals surface area contributed by atoms with E-state index in [1.54, 1.807) is 0 Å². The summed E-state index contributed by atoms with van der Waals surface area (Å²) in [5.74, 6) is -7.90. The van der Waals surface area contributed by atoms with Crippen LogP contribution in [0, 0.1) is 29.2 Å². The standard InChI is InChI=1S/C14H14F4N2O3/c15-9-5-10(16)12(18)11(17)8(9)6-19-14(23)20-3-1-7(2-4-20)13(21)22/h5,7H,1-4,6H2,(H,19,23)(H,21,22). The number of carbonyl (C=O) groups excluding carboxylic acids is 1. The van der Waals surface area contributed by atoms with Gasteiger partial charge in [0.05, 0.1) is 12.5 Å². The summed E-state index contributed by atoms with van der Waals surface area (Å²) in [4.78, 5) is 24.0. The summed E-state index contributed by atoms with van der Waals surface area (Å²) < 4.78 is 52.8. The summed E-state index contributed by atoms with van der Waals surface area (Å²) in [6.07, 6.45) is 0.549. The van der Waals surface area contributed by atoms with Crippen molar-refractivity contribution in [1.82, 2.24) is 10.2 Å². The van der Waals surface area contributed by atoms with Crippen LogP contribution in [0.2, 0.25) is 0 Å². The quantitative estimate of drug-likeness (QED) is 0.506. The molecule has 5 nitrogen and oxygen atoms in total. The van der Waals surface area contributed by atoms with Crippen molar-refractivity contribution in [3.05, 3.63) is 34.9 Å². The average Bonchev–Trinajstić information content (AvgIpc) is 2.52. The molecule has 1 fully saturated rings. The average molecular weight is 334 g/mol. The number of benzene rings is 1. The lowest BCUT2D eigenvalue weighted by atomic mass is 9.97. The maximum absolute atomic E-state index is 13.5. The van der Waals surface area contributed by atoms with E-state index in [2.05, 4.69) is 5.32 Å². The molecule has 0 atom stereocenters. The van der Waals surface area contributed by atoms with E-state index in [0.717, 1.165) is 0 Å². The Hall–Kier alpha value is -2.32. The van der Waals surface area contributed by atoms with E-state index < -0.39 is 53.3 Å². The van der Waals surface area contributed by atoms with Gasteiger partial charge in [0.15, 0.2) is 17.5 Å². The van der Waals surface area contributed by atoms with Gasteiger partial charge in [-0.05, 0) is 12.8 Å². The Morgan fingerprint density at radius 3 is 2.30 bits per heavy atom. The number of hydrogen-bond acceptors (Lipinski definition) is 2. The number of amides is 2. The van der Waals surface area contributed by atoms with Gasteiger partial charge in [-0.15, -0.1) is 0 Å². The van der Waals surface area contributed by atoms with E-state index in [9.17, 15) is 27.2 Å². The number of nitrogens with zero attached hydrogens (tertiary/aromatic N) is 1. The van der Waals surface area contributed by atoms with Crippen LogP contribution in [0.1, 0.15) is 18.4 Å². The maximum Gasteiger partial charge on any atom is 0.317 e. The summed E-state index contributed by atoms with van der Waals surface area (Å²) >= 11 is 0. The van der Waals surface area contributed by atoms with E-state index in [1.165, 1.54) is 4.90 Å². The molecule has 0 aromatic heterocycles.